The van der Waals surface area contributed by atoms with Crippen molar-refractivity contribution < 1.29 is 38.3 Å². The number of methoxy groups -OCH3 is 3. The molecule has 5 rings (SSSR count). The first-order valence-corrected chi connectivity index (χ1v) is 9.65. The summed E-state index contributed by atoms with van der Waals surface area (Å²) in [5.74, 6) is 0.989. The van der Waals surface area contributed by atoms with E-state index in [9.17, 15) is 9.90 Å². The first kappa shape index (κ1) is 18.9. The molecule has 2 aliphatic heterocycles. The van der Waals surface area contributed by atoms with Crippen molar-refractivity contribution in [1.82, 2.24) is 0 Å². The summed E-state index contributed by atoms with van der Waals surface area (Å²) in [6.07, 6.45) is -0.843. The number of esters is 1. The number of cyclic esters (lactones) is 1. The zero-order chi connectivity index (χ0) is 21.0. The molecule has 30 heavy (non-hydrogen) atoms. The fourth-order valence-electron chi connectivity index (χ4n) is 4.81. The van der Waals surface area contributed by atoms with Crippen molar-refractivity contribution in [2.45, 2.75) is 12.0 Å². The maximum atomic E-state index is 12.7. The van der Waals surface area contributed by atoms with Crippen LogP contribution < -0.4 is 23.7 Å². The molecule has 0 amide bonds. The number of fused-ring (bicyclic) bond motifs is 3. The van der Waals surface area contributed by atoms with Crippen LogP contribution in [0.2, 0.25) is 0 Å². The molecule has 1 fully saturated rings. The van der Waals surface area contributed by atoms with Crippen molar-refractivity contribution in [2.75, 3.05) is 34.7 Å². The second-order valence-corrected chi connectivity index (χ2v) is 7.54. The number of hydrogen-bond acceptors (Lipinski definition) is 8. The number of carbonyl (C=O) groups excluding carboxylic acids is 1. The number of benzene rings is 2. The highest BCUT2D eigenvalue weighted by Crippen LogP contribution is 2.55. The normalized spacial score (nSPS) is 25.9. The van der Waals surface area contributed by atoms with E-state index >= 15 is 0 Å². The van der Waals surface area contributed by atoms with Crippen molar-refractivity contribution in [3.05, 3.63) is 41.0 Å². The van der Waals surface area contributed by atoms with Crippen LogP contribution in [0.4, 0.5) is 0 Å². The first-order chi connectivity index (χ1) is 14.6. The van der Waals surface area contributed by atoms with Crippen LogP contribution in [0, 0.1) is 11.8 Å². The van der Waals surface area contributed by atoms with Crippen LogP contribution in [0.15, 0.2) is 24.3 Å². The largest absolute Gasteiger partial charge is 0.493 e. The molecule has 4 atom stereocenters. The van der Waals surface area contributed by atoms with Gasteiger partial charge in [-0.3, -0.25) is 4.79 Å². The lowest BCUT2D eigenvalue weighted by atomic mass is 9.66. The molecule has 0 unspecified atom stereocenters. The van der Waals surface area contributed by atoms with Crippen LogP contribution in [0.1, 0.15) is 28.7 Å². The van der Waals surface area contributed by atoms with Crippen LogP contribution in [0.5, 0.6) is 28.7 Å². The zero-order valence-corrected chi connectivity index (χ0v) is 16.8. The molecule has 8 heteroatoms. The Labute approximate surface area is 173 Å². The van der Waals surface area contributed by atoms with Crippen LogP contribution in [-0.2, 0) is 9.53 Å². The van der Waals surface area contributed by atoms with Crippen molar-refractivity contribution in [3.8, 4) is 28.7 Å². The Morgan fingerprint density at radius 2 is 1.53 bits per heavy atom. The SMILES string of the molecule is COc1cc([C@@H]2c3cc4c(cc3[C@H](O)[C@@H]3COC(=O)[C@H]23)OCO4)cc(OC)c1OC. The zero-order valence-electron chi connectivity index (χ0n) is 16.8. The van der Waals surface area contributed by atoms with Gasteiger partial charge in [0.2, 0.25) is 12.5 Å². The van der Waals surface area contributed by atoms with E-state index in [1.165, 1.54) is 7.11 Å². The topological polar surface area (TPSA) is 92.7 Å². The minimum Gasteiger partial charge on any atom is -0.493 e. The van der Waals surface area contributed by atoms with Crippen LogP contribution in [-0.4, -0.2) is 45.8 Å². The number of rotatable bonds is 4. The van der Waals surface area contributed by atoms with E-state index in [4.69, 9.17) is 28.4 Å². The molecule has 0 spiro atoms. The van der Waals surface area contributed by atoms with Crippen LogP contribution >= 0.6 is 0 Å². The van der Waals surface area contributed by atoms with Gasteiger partial charge in [-0.1, -0.05) is 0 Å². The predicted octanol–water partition coefficient (Wildman–Crippen LogP) is 2.41. The lowest BCUT2D eigenvalue weighted by molar-refractivity contribution is -0.141. The molecule has 0 radical (unpaired) electrons. The molecule has 1 saturated heterocycles. The summed E-state index contributed by atoms with van der Waals surface area (Å²) < 4.78 is 32.9. The molecule has 0 bridgehead atoms. The predicted molar refractivity (Wildman–Crippen MR) is 103 cm³/mol. The number of ether oxygens (including phenoxy) is 6. The smallest absolute Gasteiger partial charge is 0.310 e. The number of carbonyl (C=O) groups is 1. The second kappa shape index (κ2) is 6.98. The van der Waals surface area contributed by atoms with Crippen molar-refractivity contribution in [3.63, 3.8) is 0 Å². The van der Waals surface area contributed by atoms with Crippen LogP contribution in [0.25, 0.3) is 0 Å². The summed E-state index contributed by atoms with van der Waals surface area (Å²) in [5, 5.41) is 11.0. The second-order valence-electron chi connectivity index (χ2n) is 7.54. The first-order valence-electron chi connectivity index (χ1n) is 9.65. The molecule has 2 aromatic carbocycles. The van der Waals surface area contributed by atoms with Crippen molar-refractivity contribution in [2.24, 2.45) is 11.8 Å². The number of aliphatic hydroxyl groups is 1. The Balaban J connectivity index is 1.74. The average Bonchev–Trinajstić information content (AvgIpc) is 3.38. The average molecular weight is 414 g/mol. The van der Waals surface area contributed by atoms with E-state index in [1.807, 2.05) is 18.2 Å². The molecule has 158 valence electrons. The standard InChI is InChI=1S/C22H22O8/c1-25-16-4-10(5-17(26-2)21(16)27-3)18-11-6-14-15(30-9-29-14)7-12(11)20(23)13-8-28-22(24)19(13)18/h4-7,13,18-20,23H,8-9H2,1-3H3/t13-,18-,19+,20+/m1/s1. The van der Waals surface area contributed by atoms with Gasteiger partial charge in [0.15, 0.2) is 23.0 Å². The van der Waals surface area contributed by atoms with E-state index in [0.29, 0.717) is 34.3 Å². The van der Waals surface area contributed by atoms with Crippen LogP contribution in [0.3, 0.4) is 0 Å². The number of aliphatic hydroxyl groups excluding tert-OH is 1. The third-order valence-electron chi connectivity index (χ3n) is 6.19. The van der Waals surface area contributed by atoms with Gasteiger partial charge in [-0.25, -0.2) is 0 Å². The molecule has 2 heterocycles. The van der Waals surface area contributed by atoms with Gasteiger partial charge < -0.3 is 33.5 Å². The lowest BCUT2D eigenvalue weighted by Gasteiger charge is -2.37. The molecule has 1 aliphatic carbocycles. The molecule has 0 saturated carbocycles. The molecule has 3 aliphatic rings. The van der Waals surface area contributed by atoms with Gasteiger partial charge in [-0.05, 0) is 41.0 Å². The summed E-state index contributed by atoms with van der Waals surface area (Å²) in [7, 11) is 4.63. The van der Waals surface area contributed by atoms with Gasteiger partial charge in [-0.15, -0.1) is 0 Å². The van der Waals surface area contributed by atoms with E-state index in [-0.39, 0.29) is 31.2 Å². The third kappa shape index (κ3) is 2.60. The van der Waals surface area contributed by atoms with Gasteiger partial charge in [0.25, 0.3) is 0 Å². The van der Waals surface area contributed by atoms with Gasteiger partial charge in [0.05, 0.1) is 40.0 Å². The summed E-state index contributed by atoms with van der Waals surface area (Å²) in [5.41, 5.74) is 2.30. The minimum atomic E-state index is -0.843. The van der Waals surface area contributed by atoms with Gasteiger partial charge >= 0.3 is 5.97 Å². The Morgan fingerprint density at radius 3 is 2.13 bits per heavy atom. The maximum Gasteiger partial charge on any atom is 0.310 e. The molecular formula is C22H22O8. The molecular weight excluding hydrogens is 392 g/mol. The minimum absolute atomic E-state index is 0.123. The summed E-state index contributed by atoms with van der Waals surface area (Å²) >= 11 is 0. The Morgan fingerprint density at radius 1 is 0.900 bits per heavy atom. The highest BCUT2D eigenvalue weighted by molar-refractivity contribution is 5.79. The summed E-state index contributed by atoms with van der Waals surface area (Å²) in [6.45, 7) is 0.289. The molecule has 1 N–H and O–H groups in total. The fraction of sp³-hybridized carbons (Fsp3) is 0.409. The molecule has 0 aromatic heterocycles. The Bertz CT molecular complexity index is 991. The Hall–Kier alpha value is -3.13. The molecule has 8 nitrogen and oxygen atoms in total. The van der Waals surface area contributed by atoms with Crippen molar-refractivity contribution in [1.29, 1.82) is 0 Å². The summed E-state index contributed by atoms with van der Waals surface area (Å²) in [4.78, 5) is 12.7. The van der Waals surface area contributed by atoms with E-state index < -0.39 is 12.0 Å². The van der Waals surface area contributed by atoms with E-state index in [1.54, 1.807) is 20.3 Å². The van der Waals surface area contributed by atoms with E-state index in [0.717, 1.165) is 11.1 Å². The van der Waals surface area contributed by atoms with Gasteiger partial charge in [-0.2, -0.15) is 0 Å². The van der Waals surface area contributed by atoms with Crippen molar-refractivity contribution >= 4 is 5.97 Å². The highest BCUT2D eigenvalue weighted by atomic mass is 16.7. The number of hydrogen-bond donors (Lipinski definition) is 1. The van der Waals surface area contributed by atoms with Gasteiger partial charge in [0.1, 0.15) is 0 Å². The van der Waals surface area contributed by atoms with E-state index in [2.05, 4.69) is 0 Å². The van der Waals surface area contributed by atoms with Gasteiger partial charge in [0, 0.05) is 11.8 Å². The monoisotopic (exact) mass is 414 g/mol. The molecule has 2 aromatic rings. The third-order valence-corrected chi connectivity index (χ3v) is 6.19. The lowest BCUT2D eigenvalue weighted by Crippen LogP contribution is -2.34. The Kier molecular flexibility index (Phi) is 4.39. The maximum absolute atomic E-state index is 12.7. The highest BCUT2D eigenvalue weighted by Gasteiger charge is 2.52. The summed E-state index contributed by atoms with van der Waals surface area (Å²) in [6, 6.07) is 7.31. The fourth-order valence-corrected chi connectivity index (χ4v) is 4.81. The quantitative estimate of drug-likeness (QED) is 0.763.